The van der Waals surface area contributed by atoms with E-state index < -0.39 is 0 Å². The second-order valence-electron chi connectivity index (χ2n) is 6.62. The van der Waals surface area contributed by atoms with Crippen molar-refractivity contribution in [1.82, 2.24) is 4.90 Å². The van der Waals surface area contributed by atoms with Crippen LogP contribution >= 0.6 is 11.6 Å². The van der Waals surface area contributed by atoms with Gasteiger partial charge in [0.2, 0.25) is 5.91 Å². The van der Waals surface area contributed by atoms with Crippen molar-refractivity contribution in [1.29, 1.82) is 0 Å². The largest absolute Gasteiger partial charge is 0.469 e. The van der Waals surface area contributed by atoms with E-state index in [1.165, 1.54) is 7.11 Å². The first-order valence-electron chi connectivity index (χ1n) is 8.29. The fourth-order valence-corrected chi connectivity index (χ4v) is 3.93. The number of nitrogens with zero attached hydrogens (tertiary/aromatic N) is 1. The van der Waals surface area contributed by atoms with Gasteiger partial charge in [0.1, 0.15) is 0 Å². The molecule has 0 N–H and O–H groups in total. The van der Waals surface area contributed by atoms with Gasteiger partial charge in [0.25, 0.3) is 0 Å². The Kier molecular flexibility index (Phi) is 4.95. The Morgan fingerprint density at radius 2 is 2.21 bits per heavy atom. The smallest absolute Gasteiger partial charge is 0.309 e. The number of amides is 1. The number of fused-ring (bicyclic) bond motifs is 1. The van der Waals surface area contributed by atoms with Crippen LogP contribution in [0.2, 0.25) is 5.02 Å². The van der Waals surface area contributed by atoms with Crippen LogP contribution in [0.15, 0.2) is 30.4 Å². The molecule has 1 amide bonds. The summed E-state index contributed by atoms with van der Waals surface area (Å²) >= 11 is 6.19. The highest BCUT2D eigenvalue weighted by Crippen LogP contribution is 2.38. The van der Waals surface area contributed by atoms with Crippen molar-refractivity contribution in [3.8, 4) is 0 Å². The number of rotatable bonds is 3. The number of methoxy groups -OCH3 is 1. The number of carbonyl (C=O) groups excluding carboxylic acids is 2. The number of carbonyl (C=O) groups is 2. The van der Waals surface area contributed by atoms with Gasteiger partial charge in [0, 0.05) is 18.1 Å². The Labute approximate surface area is 147 Å². The van der Waals surface area contributed by atoms with E-state index in [0.29, 0.717) is 24.5 Å². The number of ether oxygens (including phenoxy) is 1. The van der Waals surface area contributed by atoms with Gasteiger partial charge in [-0.3, -0.25) is 9.59 Å². The molecule has 1 aromatic rings. The number of piperidine rings is 1. The molecule has 1 aliphatic carbocycles. The Hall–Kier alpha value is -1.81. The molecular formula is C19H22ClNO3. The maximum atomic E-state index is 13.0. The summed E-state index contributed by atoms with van der Waals surface area (Å²) in [4.78, 5) is 26.9. The molecule has 1 saturated heterocycles. The molecule has 0 saturated carbocycles. The number of benzene rings is 1. The van der Waals surface area contributed by atoms with Crippen molar-refractivity contribution in [2.24, 2.45) is 17.8 Å². The van der Waals surface area contributed by atoms with Crippen molar-refractivity contribution < 1.29 is 14.3 Å². The molecule has 3 atom stereocenters. The molecule has 1 heterocycles. The molecule has 1 aliphatic heterocycles. The molecule has 1 fully saturated rings. The lowest BCUT2D eigenvalue weighted by Crippen LogP contribution is -2.50. The normalized spacial score (nSPS) is 26.2. The highest BCUT2D eigenvalue weighted by molar-refractivity contribution is 6.31. The van der Waals surface area contributed by atoms with Gasteiger partial charge >= 0.3 is 5.97 Å². The molecule has 2 aliphatic rings. The minimum Gasteiger partial charge on any atom is -0.469 e. The fourth-order valence-electron chi connectivity index (χ4n) is 3.73. The van der Waals surface area contributed by atoms with Crippen LogP contribution in [0.5, 0.6) is 0 Å². The summed E-state index contributed by atoms with van der Waals surface area (Å²) in [6.45, 7) is 3.18. The highest BCUT2D eigenvalue weighted by atomic mass is 35.5. The van der Waals surface area contributed by atoms with Crippen molar-refractivity contribution in [2.45, 2.75) is 26.3 Å². The van der Waals surface area contributed by atoms with E-state index >= 15 is 0 Å². The van der Waals surface area contributed by atoms with Crippen LogP contribution in [0.3, 0.4) is 0 Å². The number of aryl methyl sites for hydroxylation is 1. The molecule has 0 radical (unpaired) electrons. The van der Waals surface area contributed by atoms with Crippen LogP contribution in [0.25, 0.3) is 0 Å². The van der Waals surface area contributed by atoms with Crippen LogP contribution in [0, 0.1) is 24.7 Å². The fraction of sp³-hybridized carbons (Fsp3) is 0.474. The van der Waals surface area contributed by atoms with E-state index in [0.717, 1.165) is 17.5 Å². The van der Waals surface area contributed by atoms with E-state index in [1.807, 2.05) is 36.1 Å². The predicted octanol–water partition coefficient (Wildman–Crippen LogP) is 3.36. The third-order valence-corrected chi connectivity index (χ3v) is 5.52. The maximum absolute atomic E-state index is 13.0. The van der Waals surface area contributed by atoms with Crippen LogP contribution in [0.4, 0.5) is 0 Å². The Bertz CT molecular complexity index is 685. The van der Waals surface area contributed by atoms with Gasteiger partial charge in [-0.2, -0.15) is 0 Å². The molecule has 3 rings (SSSR count). The summed E-state index contributed by atoms with van der Waals surface area (Å²) in [6.07, 6.45) is 5.54. The number of hydrogen-bond acceptors (Lipinski definition) is 3. The summed E-state index contributed by atoms with van der Waals surface area (Å²) in [6, 6.07) is 5.88. The van der Waals surface area contributed by atoms with E-state index in [4.69, 9.17) is 16.3 Å². The number of allylic oxidation sites excluding steroid dienone is 2. The SMILES string of the molecule is COC(=O)[C@H]1CC=CC2CCN(Cc3ccc(C)c(Cl)c3)C(=O)[C@@H]21. The molecular weight excluding hydrogens is 326 g/mol. The number of esters is 1. The molecule has 1 aromatic carbocycles. The Balaban J connectivity index is 1.79. The first-order valence-corrected chi connectivity index (χ1v) is 8.67. The summed E-state index contributed by atoms with van der Waals surface area (Å²) in [5, 5.41) is 0.711. The van der Waals surface area contributed by atoms with E-state index in [1.54, 1.807) is 0 Å². The maximum Gasteiger partial charge on any atom is 0.309 e. The van der Waals surface area contributed by atoms with Crippen molar-refractivity contribution in [3.63, 3.8) is 0 Å². The molecule has 4 nitrogen and oxygen atoms in total. The summed E-state index contributed by atoms with van der Waals surface area (Å²) < 4.78 is 4.91. The Morgan fingerprint density at radius 3 is 2.92 bits per heavy atom. The second kappa shape index (κ2) is 6.98. The topological polar surface area (TPSA) is 46.6 Å². The van der Waals surface area contributed by atoms with Gasteiger partial charge in [-0.25, -0.2) is 0 Å². The zero-order chi connectivity index (χ0) is 17.3. The number of halogens is 1. The monoisotopic (exact) mass is 347 g/mol. The van der Waals surface area contributed by atoms with Crippen LogP contribution in [-0.4, -0.2) is 30.4 Å². The lowest BCUT2D eigenvalue weighted by Gasteiger charge is -2.41. The van der Waals surface area contributed by atoms with E-state index in [2.05, 4.69) is 6.08 Å². The molecule has 1 unspecified atom stereocenters. The standard InChI is InChI=1S/C19H22ClNO3/c1-12-6-7-13(10-16(12)20)11-21-9-8-14-4-3-5-15(19(23)24-2)17(14)18(21)22/h3-4,6-7,10,14-15,17H,5,8-9,11H2,1-2H3/t14?,15-,17-/m0/s1. The zero-order valence-corrected chi connectivity index (χ0v) is 14.8. The molecule has 5 heteroatoms. The van der Waals surface area contributed by atoms with E-state index in [9.17, 15) is 9.59 Å². The van der Waals surface area contributed by atoms with Gasteiger partial charge in [0.05, 0.1) is 18.9 Å². The van der Waals surface area contributed by atoms with Crippen LogP contribution < -0.4 is 0 Å². The van der Waals surface area contributed by atoms with Gasteiger partial charge in [-0.15, -0.1) is 0 Å². The molecule has 128 valence electrons. The first kappa shape index (κ1) is 17.0. The summed E-state index contributed by atoms with van der Waals surface area (Å²) in [7, 11) is 1.38. The lowest BCUT2D eigenvalue weighted by molar-refractivity contribution is -0.157. The first-order chi connectivity index (χ1) is 11.5. The number of hydrogen-bond donors (Lipinski definition) is 0. The van der Waals surface area contributed by atoms with Crippen molar-refractivity contribution in [3.05, 3.63) is 46.5 Å². The minimum absolute atomic E-state index is 0.0442. The average molecular weight is 348 g/mol. The predicted molar refractivity (Wildman–Crippen MR) is 92.5 cm³/mol. The molecule has 0 aromatic heterocycles. The van der Waals surface area contributed by atoms with Crippen molar-refractivity contribution >= 4 is 23.5 Å². The second-order valence-corrected chi connectivity index (χ2v) is 7.02. The molecule has 0 bridgehead atoms. The third kappa shape index (κ3) is 3.20. The zero-order valence-electron chi connectivity index (χ0n) is 14.0. The van der Waals surface area contributed by atoms with Gasteiger partial charge in [-0.1, -0.05) is 35.9 Å². The summed E-state index contributed by atoms with van der Waals surface area (Å²) in [5.41, 5.74) is 2.03. The quantitative estimate of drug-likeness (QED) is 0.622. The third-order valence-electron chi connectivity index (χ3n) is 5.11. The minimum atomic E-state index is -0.373. The van der Waals surface area contributed by atoms with E-state index in [-0.39, 0.29) is 29.6 Å². The van der Waals surface area contributed by atoms with Gasteiger partial charge in [0.15, 0.2) is 0 Å². The van der Waals surface area contributed by atoms with Crippen LogP contribution in [0.1, 0.15) is 24.0 Å². The molecule has 24 heavy (non-hydrogen) atoms. The van der Waals surface area contributed by atoms with Gasteiger partial charge in [-0.05, 0) is 42.9 Å². The molecule has 0 spiro atoms. The number of likely N-dealkylation sites (tertiary alicyclic amines) is 1. The average Bonchev–Trinajstić information content (AvgIpc) is 2.59. The lowest BCUT2D eigenvalue weighted by atomic mass is 9.71. The van der Waals surface area contributed by atoms with Gasteiger partial charge < -0.3 is 9.64 Å². The summed E-state index contributed by atoms with van der Waals surface area (Å²) in [5.74, 6) is -0.794. The van der Waals surface area contributed by atoms with Crippen molar-refractivity contribution in [2.75, 3.05) is 13.7 Å². The highest BCUT2D eigenvalue weighted by Gasteiger charge is 2.44. The van der Waals surface area contributed by atoms with Crippen LogP contribution in [-0.2, 0) is 20.9 Å². The Morgan fingerprint density at radius 1 is 1.42 bits per heavy atom.